The molecule has 0 aliphatic rings. The Balaban J connectivity index is 2.29. The number of rotatable bonds is 5. The van der Waals surface area contributed by atoms with E-state index in [4.69, 9.17) is 5.11 Å². The van der Waals surface area contributed by atoms with E-state index in [-0.39, 0.29) is 11.7 Å². The minimum atomic E-state index is -1.00. The molecule has 1 N–H and O–H groups in total. The van der Waals surface area contributed by atoms with Crippen molar-refractivity contribution in [2.24, 2.45) is 0 Å². The molecule has 2 rings (SSSR count). The van der Waals surface area contributed by atoms with E-state index in [0.29, 0.717) is 0 Å². The van der Waals surface area contributed by atoms with Crippen LogP contribution < -0.4 is 4.90 Å². The molecule has 0 saturated carbocycles. The molecule has 0 atom stereocenters. The molecule has 4 nitrogen and oxygen atoms in total. The fraction of sp³-hybridized carbons (Fsp3) is 0.250. The number of nitrogens with zero attached hydrogens (tertiary/aromatic N) is 2. The molecular formula is C16H18N2O2. The molecule has 0 aliphatic carbocycles. The minimum absolute atomic E-state index is 0.0706. The number of pyridine rings is 1. The van der Waals surface area contributed by atoms with Gasteiger partial charge in [0.25, 0.3) is 0 Å². The molecule has 104 valence electrons. The summed E-state index contributed by atoms with van der Waals surface area (Å²) in [6.07, 6.45) is 1.54. The number of hydrogen-bond donors (Lipinski definition) is 1. The van der Waals surface area contributed by atoms with Crippen molar-refractivity contribution in [1.82, 2.24) is 4.98 Å². The Bertz CT molecular complexity index is 582. The summed E-state index contributed by atoms with van der Waals surface area (Å²) < 4.78 is 0. The maximum atomic E-state index is 11.0. The van der Waals surface area contributed by atoms with Crippen molar-refractivity contribution in [1.29, 1.82) is 0 Å². The van der Waals surface area contributed by atoms with Gasteiger partial charge in [-0.2, -0.15) is 0 Å². The zero-order valence-electron chi connectivity index (χ0n) is 11.7. The van der Waals surface area contributed by atoms with E-state index in [2.05, 4.69) is 35.9 Å². The van der Waals surface area contributed by atoms with Crippen molar-refractivity contribution in [3.05, 3.63) is 59.9 Å². The van der Waals surface area contributed by atoms with Crippen molar-refractivity contribution < 1.29 is 9.90 Å². The smallest absolute Gasteiger partial charge is 0.354 e. The highest BCUT2D eigenvalue weighted by Gasteiger charge is 2.14. The highest BCUT2D eigenvalue weighted by Crippen LogP contribution is 2.20. The Morgan fingerprint density at radius 1 is 1.25 bits per heavy atom. The summed E-state index contributed by atoms with van der Waals surface area (Å²) in [6, 6.07) is 13.8. The second-order valence-electron chi connectivity index (χ2n) is 4.91. The molecular weight excluding hydrogens is 252 g/mol. The predicted octanol–water partition coefficient (Wildman–Crippen LogP) is 3.19. The first-order valence-corrected chi connectivity index (χ1v) is 6.58. The molecule has 0 saturated heterocycles. The van der Waals surface area contributed by atoms with Gasteiger partial charge in [0.1, 0.15) is 5.69 Å². The number of aromatic carboxylic acids is 1. The number of anilines is 1. The highest BCUT2D eigenvalue weighted by molar-refractivity contribution is 5.86. The fourth-order valence-corrected chi connectivity index (χ4v) is 2.07. The van der Waals surface area contributed by atoms with E-state index in [1.807, 2.05) is 24.3 Å². The van der Waals surface area contributed by atoms with Gasteiger partial charge in [0.2, 0.25) is 0 Å². The van der Waals surface area contributed by atoms with Gasteiger partial charge in [0.15, 0.2) is 0 Å². The van der Waals surface area contributed by atoms with Crippen LogP contribution in [-0.4, -0.2) is 22.1 Å². The van der Waals surface area contributed by atoms with Crippen molar-refractivity contribution in [3.8, 4) is 0 Å². The lowest BCUT2D eigenvalue weighted by Crippen LogP contribution is -2.30. The second kappa shape index (κ2) is 6.19. The van der Waals surface area contributed by atoms with Crippen molar-refractivity contribution in [2.75, 3.05) is 4.90 Å². The fourth-order valence-electron chi connectivity index (χ4n) is 2.07. The van der Waals surface area contributed by atoms with Gasteiger partial charge in [-0.05, 0) is 31.5 Å². The zero-order chi connectivity index (χ0) is 14.5. The zero-order valence-corrected chi connectivity index (χ0v) is 11.7. The average molecular weight is 270 g/mol. The van der Waals surface area contributed by atoms with Crippen LogP contribution in [-0.2, 0) is 6.54 Å². The lowest BCUT2D eigenvalue weighted by molar-refractivity contribution is 0.0690. The summed E-state index contributed by atoms with van der Waals surface area (Å²) in [5.74, 6) is -1.00. The summed E-state index contributed by atoms with van der Waals surface area (Å²) >= 11 is 0. The number of hydrogen-bond acceptors (Lipinski definition) is 3. The van der Waals surface area contributed by atoms with E-state index in [1.54, 1.807) is 12.3 Å². The van der Waals surface area contributed by atoms with Crippen LogP contribution in [0.4, 0.5) is 5.69 Å². The first kappa shape index (κ1) is 14.1. The van der Waals surface area contributed by atoms with Crippen molar-refractivity contribution in [2.45, 2.75) is 26.4 Å². The summed E-state index contributed by atoms with van der Waals surface area (Å²) in [7, 11) is 0. The lowest BCUT2D eigenvalue weighted by atomic mass is 10.1. The molecule has 0 amide bonds. The number of carboxylic acids is 1. The van der Waals surface area contributed by atoms with Crippen LogP contribution in [0.25, 0.3) is 0 Å². The van der Waals surface area contributed by atoms with Crippen LogP contribution >= 0.6 is 0 Å². The highest BCUT2D eigenvalue weighted by atomic mass is 16.4. The Morgan fingerprint density at radius 3 is 2.55 bits per heavy atom. The summed E-state index contributed by atoms with van der Waals surface area (Å²) in [5, 5.41) is 9.04. The maximum absolute atomic E-state index is 11.0. The second-order valence-corrected chi connectivity index (χ2v) is 4.91. The number of carboxylic acid groups (broad SMARTS) is 1. The summed E-state index contributed by atoms with van der Waals surface area (Å²) in [5.41, 5.74) is 2.13. The van der Waals surface area contributed by atoms with E-state index in [1.165, 1.54) is 5.56 Å². The average Bonchev–Trinajstić information content (AvgIpc) is 2.45. The van der Waals surface area contributed by atoms with Gasteiger partial charge in [-0.15, -0.1) is 0 Å². The molecule has 0 radical (unpaired) electrons. The Morgan fingerprint density at radius 2 is 1.95 bits per heavy atom. The molecule has 20 heavy (non-hydrogen) atoms. The summed E-state index contributed by atoms with van der Waals surface area (Å²) in [6.45, 7) is 4.91. The molecule has 0 spiro atoms. The molecule has 0 fully saturated rings. The summed E-state index contributed by atoms with van der Waals surface area (Å²) in [4.78, 5) is 17.0. The standard InChI is InChI=1S/C16H18N2O2/c1-12(2)18(11-13-6-4-3-5-7-13)14-8-9-17-15(10-14)16(19)20/h3-10,12H,11H2,1-2H3,(H,19,20). The van der Waals surface area contributed by atoms with Gasteiger partial charge in [0.05, 0.1) is 0 Å². The van der Waals surface area contributed by atoms with E-state index >= 15 is 0 Å². The van der Waals surface area contributed by atoms with Crippen LogP contribution in [0.5, 0.6) is 0 Å². The van der Waals surface area contributed by atoms with Gasteiger partial charge in [-0.25, -0.2) is 9.78 Å². The van der Waals surface area contributed by atoms with Gasteiger partial charge >= 0.3 is 5.97 Å². The van der Waals surface area contributed by atoms with Crippen molar-refractivity contribution >= 4 is 11.7 Å². The Hall–Kier alpha value is -2.36. The van der Waals surface area contributed by atoms with Gasteiger partial charge in [0, 0.05) is 24.5 Å². The van der Waals surface area contributed by atoms with Gasteiger partial charge < -0.3 is 10.0 Å². The normalized spacial score (nSPS) is 10.6. The van der Waals surface area contributed by atoms with Crippen LogP contribution in [0.2, 0.25) is 0 Å². The molecule has 0 bridgehead atoms. The largest absolute Gasteiger partial charge is 0.477 e. The van der Waals surface area contributed by atoms with E-state index in [0.717, 1.165) is 12.2 Å². The van der Waals surface area contributed by atoms with Crippen molar-refractivity contribution in [3.63, 3.8) is 0 Å². The third-order valence-corrected chi connectivity index (χ3v) is 3.11. The topological polar surface area (TPSA) is 53.4 Å². The number of aromatic nitrogens is 1. The van der Waals surface area contributed by atoms with Gasteiger partial charge in [-0.3, -0.25) is 0 Å². The van der Waals surface area contributed by atoms with Gasteiger partial charge in [-0.1, -0.05) is 30.3 Å². The molecule has 1 heterocycles. The lowest BCUT2D eigenvalue weighted by Gasteiger charge is -2.29. The van der Waals surface area contributed by atoms with Crippen LogP contribution in [0, 0.1) is 0 Å². The third-order valence-electron chi connectivity index (χ3n) is 3.11. The Labute approximate surface area is 118 Å². The first-order chi connectivity index (χ1) is 9.58. The third kappa shape index (κ3) is 3.35. The monoisotopic (exact) mass is 270 g/mol. The quantitative estimate of drug-likeness (QED) is 0.906. The molecule has 0 unspecified atom stereocenters. The van der Waals surface area contributed by atoms with Crippen LogP contribution in [0.15, 0.2) is 48.7 Å². The molecule has 1 aromatic heterocycles. The minimum Gasteiger partial charge on any atom is -0.477 e. The maximum Gasteiger partial charge on any atom is 0.354 e. The molecule has 4 heteroatoms. The number of carbonyl (C=O) groups is 1. The Kier molecular flexibility index (Phi) is 4.35. The molecule has 0 aliphatic heterocycles. The van der Waals surface area contributed by atoms with E-state index in [9.17, 15) is 4.79 Å². The van der Waals surface area contributed by atoms with Crippen LogP contribution in [0.1, 0.15) is 29.9 Å². The first-order valence-electron chi connectivity index (χ1n) is 6.58. The molecule has 1 aromatic carbocycles. The van der Waals surface area contributed by atoms with E-state index < -0.39 is 5.97 Å². The van der Waals surface area contributed by atoms with Crippen LogP contribution in [0.3, 0.4) is 0 Å². The predicted molar refractivity (Wildman–Crippen MR) is 79.0 cm³/mol. The molecule has 2 aromatic rings. The number of benzene rings is 1. The SMILES string of the molecule is CC(C)N(Cc1ccccc1)c1ccnc(C(=O)O)c1.